The Kier molecular flexibility index (Phi) is 7.24. The maximum absolute atomic E-state index is 12.9. The van der Waals surface area contributed by atoms with Crippen molar-refractivity contribution in [1.82, 2.24) is 10.2 Å². The molecule has 1 amide bonds. The highest BCUT2D eigenvalue weighted by Crippen LogP contribution is 2.65. The van der Waals surface area contributed by atoms with Crippen molar-refractivity contribution in [3.05, 3.63) is 35.1 Å². The van der Waals surface area contributed by atoms with Crippen LogP contribution >= 0.6 is 0 Å². The normalized spacial score (nSPS) is 29.6. The minimum Gasteiger partial charge on any atom is -0.493 e. The first kappa shape index (κ1) is 28.8. The SMILES string of the molecule is COc1ccc2c3c1O[C@H]1C(OC(=O)C[C@H](O)C(=O)O[C@@H](C)C(=O)N[C@@H](C)C(=O)O)=CC[C@@]4(O)[C@@H](C2)N(C)CC[C@]314. The third-order valence-electron chi connectivity index (χ3n) is 8.81. The topological polar surface area (TPSA) is 181 Å². The summed E-state index contributed by atoms with van der Waals surface area (Å²) in [6, 6.07) is 2.40. The van der Waals surface area contributed by atoms with E-state index in [-0.39, 0.29) is 18.2 Å². The average molecular weight is 575 g/mol. The lowest BCUT2D eigenvalue weighted by molar-refractivity contribution is -0.172. The molecule has 0 saturated carbocycles. The second kappa shape index (κ2) is 10.3. The van der Waals surface area contributed by atoms with E-state index in [0.29, 0.717) is 30.9 Å². The van der Waals surface area contributed by atoms with Crippen LogP contribution in [0.25, 0.3) is 0 Å². The van der Waals surface area contributed by atoms with Gasteiger partial charge in [0.15, 0.2) is 29.8 Å². The van der Waals surface area contributed by atoms with Crippen LogP contribution in [0.1, 0.15) is 44.2 Å². The molecular weight excluding hydrogens is 540 g/mol. The first-order chi connectivity index (χ1) is 19.3. The van der Waals surface area contributed by atoms with Crippen molar-refractivity contribution in [2.45, 2.75) is 80.9 Å². The maximum atomic E-state index is 12.9. The van der Waals surface area contributed by atoms with E-state index in [1.54, 1.807) is 6.08 Å². The number of amides is 1. The van der Waals surface area contributed by atoms with Gasteiger partial charge in [-0.05, 0) is 58.0 Å². The molecule has 7 atom stereocenters. The lowest BCUT2D eigenvalue weighted by Crippen LogP contribution is -2.74. The summed E-state index contributed by atoms with van der Waals surface area (Å²) >= 11 is 0. The van der Waals surface area contributed by atoms with E-state index in [1.165, 1.54) is 21.0 Å². The third kappa shape index (κ3) is 4.43. The van der Waals surface area contributed by atoms with Crippen LogP contribution in [0.2, 0.25) is 0 Å². The van der Waals surface area contributed by atoms with Crippen molar-refractivity contribution in [1.29, 1.82) is 0 Å². The van der Waals surface area contributed by atoms with Crippen LogP contribution in [0.5, 0.6) is 11.5 Å². The van der Waals surface area contributed by atoms with Crippen molar-refractivity contribution in [3.63, 3.8) is 0 Å². The number of benzene rings is 1. The number of carbonyl (C=O) groups excluding carboxylic acids is 3. The number of rotatable bonds is 9. The van der Waals surface area contributed by atoms with Crippen LogP contribution < -0.4 is 14.8 Å². The number of esters is 2. The quantitative estimate of drug-likeness (QED) is 0.285. The first-order valence-electron chi connectivity index (χ1n) is 13.5. The lowest BCUT2D eigenvalue weighted by atomic mass is 9.50. The van der Waals surface area contributed by atoms with E-state index in [9.17, 15) is 29.4 Å². The fourth-order valence-corrected chi connectivity index (χ4v) is 6.70. The van der Waals surface area contributed by atoms with Gasteiger partial charge in [0.1, 0.15) is 11.8 Å². The molecule has 1 spiro atoms. The molecule has 4 aliphatic rings. The largest absolute Gasteiger partial charge is 0.493 e. The summed E-state index contributed by atoms with van der Waals surface area (Å²) in [4.78, 5) is 50.3. The molecule has 13 nitrogen and oxygen atoms in total. The van der Waals surface area contributed by atoms with Gasteiger partial charge in [0, 0.05) is 18.0 Å². The van der Waals surface area contributed by atoms with Crippen molar-refractivity contribution >= 4 is 23.8 Å². The second-order valence-corrected chi connectivity index (χ2v) is 11.1. The van der Waals surface area contributed by atoms with Crippen LogP contribution in [0, 0.1) is 0 Å². The number of hydrogen-bond acceptors (Lipinski definition) is 11. The molecule has 0 aromatic heterocycles. The smallest absolute Gasteiger partial charge is 0.336 e. The number of likely N-dealkylation sites (tertiary alicyclic amines) is 1. The number of aliphatic carboxylic acids is 1. The van der Waals surface area contributed by atoms with Crippen LogP contribution in [0.3, 0.4) is 0 Å². The molecule has 1 aromatic carbocycles. The summed E-state index contributed by atoms with van der Waals surface area (Å²) in [7, 11) is 3.51. The molecule has 1 fully saturated rings. The highest BCUT2D eigenvalue weighted by Gasteiger charge is 2.72. The van der Waals surface area contributed by atoms with Gasteiger partial charge in [0.05, 0.1) is 24.5 Å². The van der Waals surface area contributed by atoms with E-state index in [1.807, 2.05) is 19.2 Å². The average Bonchev–Trinajstić information content (AvgIpc) is 3.27. The Morgan fingerprint density at radius 1 is 1.24 bits per heavy atom. The van der Waals surface area contributed by atoms with Gasteiger partial charge in [-0.15, -0.1) is 0 Å². The Hall–Kier alpha value is -3.68. The molecule has 2 bridgehead atoms. The van der Waals surface area contributed by atoms with Gasteiger partial charge in [0.25, 0.3) is 5.91 Å². The predicted molar refractivity (Wildman–Crippen MR) is 139 cm³/mol. The first-order valence-corrected chi connectivity index (χ1v) is 13.5. The highest BCUT2D eigenvalue weighted by molar-refractivity contribution is 5.89. The van der Waals surface area contributed by atoms with E-state index in [2.05, 4.69) is 10.2 Å². The van der Waals surface area contributed by atoms with Gasteiger partial charge in [-0.2, -0.15) is 0 Å². The van der Waals surface area contributed by atoms with Gasteiger partial charge in [0.2, 0.25) is 0 Å². The van der Waals surface area contributed by atoms with Gasteiger partial charge in [-0.1, -0.05) is 6.07 Å². The van der Waals surface area contributed by atoms with E-state index >= 15 is 0 Å². The lowest BCUT2D eigenvalue weighted by Gasteiger charge is -2.61. The van der Waals surface area contributed by atoms with Crippen molar-refractivity contribution in [3.8, 4) is 11.5 Å². The Balaban J connectivity index is 1.31. The number of piperidine rings is 1. The Bertz CT molecular complexity index is 1330. The number of hydrogen-bond donors (Lipinski definition) is 4. The van der Waals surface area contributed by atoms with Crippen LogP contribution in [0.4, 0.5) is 0 Å². The summed E-state index contributed by atoms with van der Waals surface area (Å²) in [5, 5.41) is 33.6. The summed E-state index contributed by atoms with van der Waals surface area (Å²) in [5.41, 5.74) is -0.183. The predicted octanol–water partition coefficient (Wildman–Crippen LogP) is -0.212. The molecule has 2 aliphatic heterocycles. The minimum atomic E-state index is -1.94. The zero-order valence-electron chi connectivity index (χ0n) is 23.2. The Morgan fingerprint density at radius 3 is 2.66 bits per heavy atom. The van der Waals surface area contributed by atoms with Crippen molar-refractivity contribution in [2.24, 2.45) is 0 Å². The summed E-state index contributed by atoms with van der Waals surface area (Å²) in [6.07, 6.45) is -1.97. The van der Waals surface area contributed by atoms with Gasteiger partial charge in [-0.25, -0.2) is 4.79 Å². The van der Waals surface area contributed by atoms with E-state index in [4.69, 9.17) is 24.1 Å². The van der Waals surface area contributed by atoms with Crippen LogP contribution in [0.15, 0.2) is 24.0 Å². The number of nitrogens with zero attached hydrogens (tertiary/aromatic N) is 1. The molecule has 0 unspecified atom stereocenters. The number of ether oxygens (including phenoxy) is 4. The van der Waals surface area contributed by atoms with Gasteiger partial charge >= 0.3 is 17.9 Å². The molecule has 222 valence electrons. The number of carbonyl (C=O) groups is 4. The summed E-state index contributed by atoms with van der Waals surface area (Å²) in [6.45, 7) is 3.13. The molecule has 13 heteroatoms. The van der Waals surface area contributed by atoms with Crippen molar-refractivity contribution in [2.75, 3.05) is 20.7 Å². The monoisotopic (exact) mass is 574 g/mol. The fourth-order valence-electron chi connectivity index (χ4n) is 6.70. The molecule has 4 N–H and O–H groups in total. The molecule has 2 heterocycles. The Labute approximate surface area is 236 Å². The van der Waals surface area contributed by atoms with E-state index in [0.717, 1.165) is 11.1 Å². The molecule has 0 radical (unpaired) electrons. The van der Waals surface area contributed by atoms with Crippen molar-refractivity contribution < 1.29 is 53.4 Å². The molecule has 5 rings (SSSR count). The summed E-state index contributed by atoms with van der Waals surface area (Å²) in [5.74, 6) is -3.15. The molecule has 1 saturated heterocycles. The standard InChI is InChI=1S/C28H34N2O11/c1-13(25(34)35)29-24(33)14(2)39-26(36)16(31)12-20(32)40-18-7-8-28(37)19-11-15-5-6-17(38-4)22-21(15)27(28,23(18)41-22)9-10-30(19)3/h5-7,13-14,16,19,23,31,37H,8-12H2,1-4H3,(H,29,33)(H,34,35)/t13-,14-,16-,19+,23-,27-,28+/m0/s1. The number of carboxylic acids is 1. The van der Waals surface area contributed by atoms with Crippen LogP contribution in [-0.2, 0) is 40.5 Å². The van der Waals surface area contributed by atoms with Crippen LogP contribution in [-0.4, -0.2) is 101 Å². The highest BCUT2D eigenvalue weighted by atomic mass is 16.6. The number of methoxy groups -OCH3 is 1. The number of nitrogens with one attached hydrogen (secondary N) is 1. The van der Waals surface area contributed by atoms with E-state index < -0.39 is 65.6 Å². The zero-order valence-corrected chi connectivity index (χ0v) is 23.2. The second-order valence-electron chi connectivity index (χ2n) is 11.1. The van der Waals surface area contributed by atoms with Gasteiger partial charge in [-0.3, -0.25) is 14.4 Å². The molecule has 1 aromatic rings. The Morgan fingerprint density at radius 2 is 1.98 bits per heavy atom. The molecule has 2 aliphatic carbocycles. The zero-order chi connectivity index (χ0) is 29.9. The summed E-state index contributed by atoms with van der Waals surface area (Å²) < 4.78 is 22.5. The van der Waals surface area contributed by atoms with Gasteiger partial charge < -0.3 is 44.5 Å². The number of aliphatic hydroxyl groups is 2. The molecule has 41 heavy (non-hydrogen) atoms. The molecular formula is C28H34N2O11. The fraction of sp³-hybridized carbons (Fsp3) is 0.571. The maximum Gasteiger partial charge on any atom is 0.336 e. The minimum absolute atomic E-state index is 0.171. The number of aliphatic hydroxyl groups excluding tert-OH is 1. The number of carboxylic acid groups (broad SMARTS) is 1. The third-order valence-corrected chi connectivity index (χ3v) is 8.81. The number of likely N-dealkylation sites (N-methyl/N-ethyl adjacent to an activating group) is 1.